The molecule has 0 saturated carbocycles. The Labute approximate surface area is 148 Å². The first-order chi connectivity index (χ1) is 12.2. The lowest BCUT2D eigenvalue weighted by atomic mass is 10.1. The summed E-state index contributed by atoms with van der Waals surface area (Å²) >= 11 is 1.52. The van der Waals surface area contributed by atoms with Crippen LogP contribution in [0, 0.1) is 0 Å². The van der Waals surface area contributed by atoms with Crippen LogP contribution in [0.1, 0.15) is 10.6 Å². The second-order valence-electron chi connectivity index (χ2n) is 5.17. The van der Waals surface area contributed by atoms with Gasteiger partial charge in [-0.25, -0.2) is 0 Å². The van der Waals surface area contributed by atoms with Gasteiger partial charge >= 0.3 is 5.97 Å². The molecule has 3 rings (SSSR count). The second kappa shape index (κ2) is 7.85. The van der Waals surface area contributed by atoms with Crippen molar-refractivity contribution in [3.8, 4) is 22.8 Å². The maximum absolute atomic E-state index is 11.8. The Hall–Kier alpha value is -2.80. The van der Waals surface area contributed by atoms with E-state index in [-0.39, 0.29) is 19.0 Å². The third-order valence-electron chi connectivity index (χ3n) is 3.51. The molecule has 0 radical (unpaired) electrons. The summed E-state index contributed by atoms with van der Waals surface area (Å²) in [5.74, 6) is 1.50. The molecule has 0 aliphatic carbocycles. The predicted octanol–water partition coefficient (Wildman–Crippen LogP) is 3.71. The molecule has 0 aliphatic heterocycles. The summed E-state index contributed by atoms with van der Waals surface area (Å²) in [4.78, 5) is 12.8. The normalized spacial score (nSPS) is 10.5. The summed E-state index contributed by atoms with van der Waals surface area (Å²) in [5, 5.41) is 5.86. The van der Waals surface area contributed by atoms with Gasteiger partial charge in [0.2, 0.25) is 0 Å². The monoisotopic (exact) mass is 359 g/mol. The molecule has 0 amide bonds. The van der Waals surface area contributed by atoms with Crippen LogP contribution in [-0.2, 0) is 22.6 Å². The molecule has 0 bridgehead atoms. The topological polar surface area (TPSA) is 70.8 Å². The first kappa shape index (κ1) is 17.0. The van der Waals surface area contributed by atoms with Crippen molar-refractivity contribution in [2.45, 2.75) is 13.0 Å². The SMILES string of the molecule is COc1ccc(-c2cc(COC(=O)Cc3cccs3)no2)cc1OC. The standard InChI is InChI=1S/C18H17NO5S/c1-21-15-6-5-12(8-17(15)22-2)16-9-13(19-24-16)11-23-18(20)10-14-4-3-7-25-14/h3-9H,10-11H2,1-2H3. The van der Waals surface area contributed by atoms with Gasteiger partial charge in [-0.05, 0) is 29.6 Å². The van der Waals surface area contributed by atoms with E-state index >= 15 is 0 Å². The molecule has 0 atom stereocenters. The molecule has 7 heteroatoms. The molecule has 2 heterocycles. The zero-order chi connectivity index (χ0) is 17.6. The summed E-state index contributed by atoms with van der Waals surface area (Å²) in [6, 6.07) is 11.0. The van der Waals surface area contributed by atoms with E-state index in [0.29, 0.717) is 23.0 Å². The lowest BCUT2D eigenvalue weighted by Crippen LogP contribution is -2.07. The summed E-state index contributed by atoms with van der Waals surface area (Å²) in [6.07, 6.45) is 0.262. The molecule has 1 aromatic carbocycles. The Morgan fingerprint density at radius 1 is 1.16 bits per heavy atom. The van der Waals surface area contributed by atoms with Crippen molar-refractivity contribution in [3.63, 3.8) is 0 Å². The zero-order valence-electron chi connectivity index (χ0n) is 13.9. The molecular weight excluding hydrogens is 342 g/mol. The maximum Gasteiger partial charge on any atom is 0.311 e. The quantitative estimate of drug-likeness (QED) is 0.599. The molecule has 0 aliphatic rings. The van der Waals surface area contributed by atoms with E-state index in [1.165, 1.54) is 11.3 Å². The van der Waals surface area contributed by atoms with Crippen LogP contribution in [-0.4, -0.2) is 25.3 Å². The fraction of sp³-hybridized carbons (Fsp3) is 0.222. The maximum atomic E-state index is 11.8. The number of benzene rings is 1. The number of nitrogens with zero attached hydrogens (tertiary/aromatic N) is 1. The first-order valence-corrected chi connectivity index (χ1v) is 8.43. The minimum atomic E-state index is -0.293. The summed E-state index contributed by atoms with van der Waals surface area (Å²) in [7, 11) is 3.15. The number of hydrogen-bond donors (Lipinski definition) is 0. The van der Waals surface area contributed by atoms with Crippen molar-refractivity contribution < 1.29 is 23.5 Å². The van der Waals surface area contributed by atoms with Gasteiger partial charge in [0.1, 0.15) is 12.3 Å². The number of aromatic nitrogens is 1. The van der Waals surface area contributed by atoms with Crippen LogP contribution >= 0.6 is 11.3 Å². The highest BCUT2D eigenvalue weighted by Crippen LogP contribution is 2.32. The number of thiophene rings is 1. The molecule has 0 spiro atoms. The van der Waals surface area contributed by atoms with Crippen LogP contribution in [0.2, 0.25) is 0 Å². The van der Waals surface area contributed by atoms with Gasteiger partial charge in [-0.3, -0.25) is 4.79 Å². The van der Waals surface area contributed by atoms with Crippen LogP contribution in [0.3, 0.4) is 0 Å². The van der Waals surface area contributed by atoms with Crippen LogP contribution in [0.5, 0.6) is 11.5 Å². The van der Waals surface area contributed by atoms with Gasteiger partial charge in [-0.1, -0.05) is 11.2 Å². The smallest absolute Gasteiger partial charge is 0.311 e. The lowest BCUT2D eigenvalue weighted by molar-refractivity contribution is -0.144. The molecule has 2 aromatic heterocycles. The Bertz CT molecular complexity index is 841. The van der Waals surface area contributed by atoms with Gasteiger partial charge < -0.3 is 18.7 Å². The Balaban J connectivity index is 1.63. The molecule has 130 valence electrons. The van der Waals surface area contributed by atoms with Crippen molar-refractivity contribution in [2.24, 2.45) is 0 Å². The molecule has 6 nitrogen and oxygen atoms in total. The summed E-state index contributed by atoms with van der Waals surface area (Å²) in [5.41, 5.74) is 1.34. The number of methoxy groups -OCH3 is 2. The lowest BCUT2D eigenvalue weighted by Gasteiger charge is -2.07. The Morgan fingerprint density at radius 2 is 2.00 bits per heavy atom. The van der Waals surface area contributed by atoms with E-state index in [9.17, 15) is 4.79 Å². The number of esters is 1. The number of rotatable bonds is 7. The average Bonchev–Trinajstić information content (AvgIpc) is 3.31. The van der Waals surface area contributed by atoms with E-state index < -0.39 is 0 Å². The van der Waals surface area contributed by atoms with Crippen molar-refractivity contribution in [3.05, 3.63) is 52.3 Å². The van der Waals surface area contributed by atoms with E-state index in [1.807, 2.05) is 23.6 Å². The fourth-order valence-electron chi connectivity index (χ4n) is 2.27. The minimum absolute atomic E-state index is 0.0704. The van der Waals surface area contributed by atoms with E-state index in [4.69, 9.17) is 18.7 Å². The van der Waals surface area contributed by atoms with Crippen LogP contribution in [0.15, 0.2) is 46.3 Å². The van der Waals surface area contributed by atoms with Crippen molar-refractivity contribution in [2.75, 3.05) is 14.2 Å². The number of carbonyl (C=O) groups excluding carboxylic acids is 1. The van der Waals surface area contributed by atoms with Crippen molar-refractivity contribution in [1.82, 2.24) is 5.16 Å². The van der Waals surface area contributed by atoms with E-state index in [2.05, 4.69) is 5.16 Å². The van der Waals surface area contributed by atoms with Crippen molar-refractivity contribution in [1.29, 1.82) is 0 Å². The van der Waals surface area contributed by atoms with Gasteiger partial charge in [0.25, 0.3) is 0 Å². The number of hydrogen-bond acceptors (Lipinski definition) is 7. The van der Waals surface area contributed by atoms with Crippen LogP contribution in [0.4, 0.5) is 0 Å². The summed E-state index contributed by atoms with van der Waals surface area (Å²) in [6.45, 7) is 0.0704. The molecule has 0 unspecified atom stereocenters. The molecule has 0 saturated heterocycles. The van der Waals surface area contributed by atoms with Crippen LogP contribution < -0.4 is 9.47 Å². The van der Waals surface area contributed by atoms with Crippen molar-refractivity contribution >= 4 is 17.3 Å². The van der Waals surface area contributed by atoms with Gasteiger partial charge in [-0.15, -0.1) is 11.3 Å². The fourth-order valence-corrected chi connectivity index (χ4v) is 2.96. The summed E-state index contributed by atoms with van der Waals surface area (Å²) < 4.78 is 21.0. The predicted molar refractivity (Wildman–Crippen MR) is 92.9 cm³/mol. The third kappa shape index (κ3) is 4.19. The van der Waals surface area contributed by atoms with Gasteiger partial charge in [0.05, 0.1) is 20.6 Å². The molecule has 0 fully saturated rings. The average molecular weight is 359 g/mol. The largest absolute Gasteiger partial charge is 0.493 e. The molecule has 25 heavy (non-hydrogen) atoms. The highest BCUT2D eigenvalue weighted by atomic mass is 32.1. The van der Waals surface area contributed by atoms with Gasteiger partial charge in [0, 0.05) is 16.5 Å². The zero-order valence-corrected chi connectivity index (χ0v) is 14.7. The van der Waals surface area contributed by atoms with Crippen LogP contribution in [0.25, 0.3) is 11.3 Å². The number of carbonyl (C=O) groups is 1. The van der Waals surface area contributed by atoms with E-state index in [0.717, 1.165) is 10.4 Å². The Morgan fingerprint density at radius 3 is 2.72 bits per heavy atom. The minimum Gasteiger partial charge on any atom is -0.493 e. The molecular formula is C18H17NO5S. The highest BCUT2D eigenvalue weighted by molar-refractivity contribution is 7.10. The Kier molecular flexibility index (Phi) is 5.35. The van der Waals surface area contributed by atoms with Gasteiger partial charge in [0.15, 0.2) is 17.3 Å². The molecule has 3 aromatic rings. The first-order valence-electron chi connectivity index (χ1n) is 7.55. The van der Waals surface area contributed by atoms with E-state index in [1.54, 1.807) is 32.4 Å². The highest BCUT2D eigenvalue weighted by Gasteiger charge is 2.12. The number of ether oxygens (including phenoxy) is 3. The van der Waals surface area contributed by atoms with Gasteiger partial charge in [-0.2, -0.15) is 0 Å². The second-order valence-corrected chi connectivity index (χ2v) is 6.20. The molecule has 0 N–H and O–H groups in total. The third-order valence-corrected chi connectivity index (χ3v) is 4.38.